The van der Waals surface area contributed by atoms with Gasteiger partial charge in [0, 0.05) is 12.4 Å². The molecule has 0 saturated carbocycles. The minimum Gasteiger partial charge on any atom is -0.241 e. The highest BCUT2D eigenvalue weighted by Crippen LogP contribution is 2.25. The number of hydrogen-bond acceptors (Lipinski definition) is 2. The number of anilines is 1. The van der Waals surface area contributed by atoms with Crippen molar-refractivity contribution < 1.29 is 0 Å². The fourth-order valence-electron chi connectivity index (χ4n) is 1.66. The third kappa shape index (κ3) is 2.84. The molecule has 0 spiro atoms. The van der Waals surface area contributed by atoms with E-state index in [0.29, 0.717) is 0 Å². The Morgan fingerprint density at radius 1 is 0.941 bits per heavy atom. The van der Waals surface area contributed by atoms with E-state index >= 15 is 0 Å². The molecule has 0 aromatic heterocycles. The van der Waals surface area contributed by atoms with Crippen LogP contribution in [0.5, 0.6) is 0 Å². The van der Waals surface area contributed by atoms with Crippen LogP contribution in [0.15, 0.2) is 53.8 Å². The van der Waals surface area contributed by atoms with Crippen molar-refractivity contribution in [2.24, 2.45) is 5.10 Å². The second-order valence-electron chi connectivity index (χ2n) is 5.13. The van der Waals surface area contributed by atoms with E-state index in [1.165, 1.54) is 5.56 Å². The number of allylic oxidation sites excluding steroid dienone is 3. The van der Waals surface area contributed by atoms with Gasteiger partial charge in [0.05, 0.1) is 5.69 Å². The summed E-state index contributed by atoms with van der Waals surface area (Å²) in [4.78, 5) is 0. The second kappa shape index (κ2) is 4.58. The summed E-state index contributed by atoms with van der Waals surface area (Å²) in [7, 11) is 0. The lowest BCUT2D eigenvalue weighted by molar-refractivity contribution is 0.590. The Kier molecular flexibility index (Phi) is 3.14. The van der Waals surface area contributed by atoms with Gasteiger partial charge in [0.1, 0.15) is 0 Å². The van der Waals surface area contributed by atoms with Gasteiger partial charge in [0.25, 0.3) is 0 Å². The van der Waals surface area contributed by atoms with Crippen molar-refractivity contribution in [1.82, 2.24) is 0 Å². The molecule has 1 aliphatic rings. The molecule has 0 aliphatic carbocycles. The third-order valence-corrected chi connectivity index (χ3v) is 2.72. The van der Waals surface area contributed by atoms with Crippen LogP contribution in [0.2, 0.25) is 0 Å². The first-order chi connectivity index (χ1) is 8.07. The highest BCUT2D eigenvalue weighted by Gasteiger charge is 2.13. The second-order valence-corrected chi connectivity index (χ2v) is 5.13. The first-order valence-corrected chi connectivity index (χ1v) is 5.84. The average Bonchev–Trinajstić information content (AvgIpc) is 2.56. The van der Waals surface area contributed by atoms with Crippen molar-refractivity contribution in [3.8, 4) is 0 Å². The van der Waals surface area contributed by atoms with Crippen molar-refractivity contribution in [1.29, 1.82) is 0 Å². The molecule has 1 aliphatic heterocycles. The maximum absolute atomic E-state index is 4.32. The zero-order valence-corrected chi connectivity index (χ0v) is 10.6. The lowest BCUT2D eigenvalue weighted by atomic mass is 9.87. The molecule has 88 valence electrons. The first kappa shape index (κ1) is 11.6. The van der Waals surface area contributed by atoms with Gasteiger partial charge in [-0.1, -0.05) is 39.0 Å². The molecule has 2 nitrogen and oxygen atoms in total. The Labute approximate surface area is 103 Å². The highest BCUT2D eigenvalue weighted by molar-refractivity contribution is 5.74. The van der Waals surface area contributed by atoms with Crippen LogP contribution in [0.25, 0.3) is 0 Å². The lowest BCUT2D eigenvalue weighted by Crippen LogP contribution is -2.12. The zero-order valence-electron chi connectivity index (χ0n) is 10.6. The molecule has 0 atom stereocenters. The van der Waals surface area contributed by atoms with E-state index in [2.05, 4.69) is 50.1 Å². The Hall–Kier alpha value is -1.83. The normalized spacial score (nSPS) is 15.1. The number of hydrazone groups is 1. The monoisotopic (exact) mass is 226 g/mol. The third-order valence-electron chi connectivity index (χ3n) is 2.72. The largest absolute Gasteiger partial charge is 0.241 e. The Balaban J connectivity index is 2.24. The Bertz CT molecular complexity index is 443. The number of rotatable bonds is 1. The fraction of sp³-hybridized carbons (Fsp3) is 0.267. The van der Waals surface area contributed by atoms with Crippen LogP contribution in [-0.2, 0) is 5.41 Å². The van der Waals surface area contributed by atoms with Crippen molar-refractivity contribution in [3.05, 3.63) is 54.3 Å². The molecule has 2 heteroatoms. The van der Waals surface area contributed by atoms with Crippen molar-refractivity contribution in [2.45, 2.75) is 26.2 Å². The van der Waals surface area contributed by atoms with Gasteiger partial charge in [-0.05, 0) is 35.3 Å². The molecular formula is C15H18N2. The quantitative estimate of drug-likeness (QED) is 0.710. The number of hydrogen-bond donors (Lipinski definition) is 0. The van der Waals surface area contributed by atoms with Crippen LogP contribution in [0.1, 0.15) is 26.3 Å². The van der Waals surface area contributed by atoms with E-state index in [1.54, 1.807) is 6.21 Å². The van der Waals surface area contributed by atoms with E-state index in [1.807, 2.05) is 29.4 Å². The van der Waals surface area contributed by atoms with Crippen molar-refractivity contribution >= 4 is 11.9 Å². The van der Waals surface area contributed by atoms with Gasteiger partial charge in [0.2, 0.25) is 0 Å². The minimum absolute atomic E-state index is 0.192. The van der Waals surface area contributed by atoms with Gasteiger partial charge in [-0.25, -0.2) is 5.01 Å². The molecule has 0 amide bonds. The summed E-state index contributed by atoms with van der Waals surface area (Å²) in [6.07, 6.45) is 9.60. The smallest absolute Gasteiger partial charge is 0.0645 e. The predicted octanol–water partition coefficient (Wildman–Crippen LogP) is 3.86. The fourth-order valence-corrected chi connectivity index (χ4v) is 1.66. The summed E-state index contributed by atoms with van der Waals surface area (Å²) in [5.41, 5.74) is 2.61. The van der Waals surface area contributed by atoms with Crippen LogP contribution < -0.4 is 5.01 Å². The standard InChI is InChI=1S/C15H18N2/c1-15(2,3)13-7-9-14(10-8-13)17-12-6-4-5-11-16-17/h4-12H,1-3H3. The van der Waals surface area contributed by atoms with E-state index in [9.17, 15) is 0 Å². The summed E-state index contributed by atoms with van der Waals surface area (Å²) >= 11 is 0. The highest BCUT2D eigenvalue weighted by atomic mass is 15.4. The molecule has 2 rings (SSSR count). The Morgan fingerprint density at radius 3 is 2.29 bits per heavy atom. The van der Waals surface area contributed by atoms with Crippen LogP contribution in [-0.4, -0.2) is 6.21 Å². The van der Waals surface area contributed by atoms with E-state index < -0.39 is 0 Å². The van der Waals surface area contributed by atoms with E-state index in [4.69, 9.17) is 0 Å². The van der Waals surface area contributed by atoms with Gasteiger partial charge >= 0.3 is 0 Å². The first-order valence-electron chi connectivity index (χ1n) is 5.84. The molecular weight excluding hydrogens is 208 g/mol. The van der Waals surface area contributed by atoms with E-state index in [-0.39, 0.29) is 5.41 Å². The summed E-state index contributed by atoms with van der Waals surface area (Å²) in [5.74, 6) is 0. The molecule has 1 heterocycles. The van der Waals surface area contributed by atoms with Crippen LogP contribution in [0.4, 0.5) is 5.69 Å². The maximum atomic E-state index is 4.32. The summed E-state index contributed by atoms with van der Waals surface area (Å²) in [5, 5.41) is 6.19. The molecule has 0 unspecified atom stereocenters. The summed E-state index contributed by atoms with van der Waals surface area (Å²) in [6.45, 7) is 6.65. The average molecular weight is 226 g/mol. The SMILES string of the molecule is CC(C)(C)c1ccc(N2C=CC=CC=N2)cc1. The molecule has 1 aromatic carbocycles. The molecule has 0 fully saturated rings. The van der Waals surface area contributed by atoms with Crippen molar-refractivity contribution in [2.75, 3.05) is 5.01 Å². The molecule has 1 aromatic rings. The van der Waals surface area contributed by atoms with Gasteiger partial charge in [0.15, 0.2) is 0 Å². The molecule has 0 N–H and O–H groups in total. The maximum Gasteiger partial charge on any atom is 0.0645 e. The van der Waals surface area contributed by atoms with Crippen LogP contribution >= 0.6 is 0 Å². The number of benzene rings is 1. The van der Waals surface area contributed by atoms with Crippen molar-refractivity contribution in [3.63, 3.8) is 0 Å². The Morgan fingerprint density at radius 2 is 1.65 bits per heavy atom. The molecule has 17 heavy (non-hydrogen) atoms. The van der Waals surface area contributed by atoms with Crippen LogP contribution in [0.3, 0.4) is 0 Å². The number of nitrogens with zero attached hydrogens (tertiary/aromatic N) is 2. The lowest BCUT2D eigenvalue weighted by Gasteiger charge is -2.20. The van der Waals surface area contributed by atoms with Crippen LogP contribution in [0, 0.1) is 0 Å². The molecule has 0 radical (unpaired) electrons. The predicted molar refractivity (Wildman–Crippen MR) is 74.4 cm³/mol. The summed E-state index contributed by atoms with van der Waals surface area (Å²) < 4.78 is 0. The molecule has 0 bridgehead atoms. The van der Waals surface area contributed by atoms with Gasteiger partial charge in [-0.3, -0.25) is 0 Å². The molecule has 0 saturated heterocycles. The van der Waals surface area contributed by atoms with Gasteiger partial charge in [-0.15, -0.1) is 0 Å². The van der Waals surface area contributed by atoms with Gasteiger partial charge < -0.3 is 0 Å². The zero-order chi connectivity index (χ0) is 12.3. The minimum atomic E-state index is 0.192. The topological polar surface area (TPSA) is 15.6 Å². The van der Waals surface area contributed by atoms with E-state index in [0.717, 1.165) is 5.69 Å². The van der Waals surface area contributed by atoms with Gasteiger partial charge in [-0.2, -0.15) is 5.10 Å². The summed E-state index contributed by atoms with van der Waals surface area (Å²) in [6, 6.07) is 8.54.